The lowest BCUT2D eigenvalue weighted by molar-refractivity contribution is -0.138. The quantitative estimate of drug-likeness (QED) is 0.780. The zero-order chi connectivity index (χ0) is 17.8. The van der Waals surface area contributed by atoms with Gasteiger partial charge in [0.05, 0.1) is 24.5 Å². The molecule has 2 fully saturated rings. The molecule has 4 heterocycles. The van der Waals surface area contributed by atoms with Crippen LogP contribution in [0.3, 0.4) is 0 Å². The third-order valence-electron chi connectivity index (χ3n) is 5.26. The van der Waals surface area contributed by atoms with Gasteiger partial charge in [0, 0.05) is 19.0 Å². The molecule has 134 valence electrons. The maximum atomic E-state index is 12.8. The minimum absolute atomic E-state index is 0.0294. The van der Waals surface area contributed by atoms with Crippen molar-refractivity contribution in [3.05, 3.63) is 22.2 Å². The normalized spacial score (nSPS) is 32.7. The summed E-state index contributed by atoms with van der Waals surface area (Å²) in [7, 11) is 0. The molecular weight excluding hydrogens is 340 g/mol. The average Bonchev–Trinajstić information content (AvgIpc) is 3.29. The summed E-state index contributed by atoms with van der Waals surface area (Å²) in [4.78, 5) is 27.4. The number of aryl methyl sites for hydroxylation is 1. The highest BCUT2D eigenvalue weighted by molar-refractivity contribution is 7.11. The van der Waals surface area contributed by atoms with Crippen molar-refractivity contribution < 1.29 is 14.3 Å². The zero-order valence-corrected chi connectivity index (χ0v) is 15.4. The molecule has 4 rings (SSSR count). The van der Waals surface area contributed by atoms with Crippen molar-refractivity contribution >= 4 is 23.2 Å². The van der Waals surface area contributed by atoms with Gasteiger partial charge < -0.3 is 15.0 Å². The van der Waals surface area contributed by atoms with Gasteiger partial charge in [-0.2, -0.15) is 0 Å². The monoisotopic (exact) mass is 362 g/mol. The largest absolute Gasteiger partial charge is 0.360 e. The third kappa shape index (κ3) is 2.58. The molecule has 0 saturated carbocycles. The smallest absolute Gasteiger partial charge is 0.230 e. The van der Waals surface area contributed by atoms with Crippen LogP contribution in [0.1, 0.15) is 23.9 Å². The van der Waals surface area contributed by atoms with Crippen molar-refractivity contribution in [2.24, 2.45) is 11.8 Å². The Balaban J connectivity index is 1.44. The molecule has 7 nitrogen and oxygen atoms in total. The van der Waals surface area contributed by atoms with Gasteiger partial charge in [-0.05, 0) is 20.8 Å². The Hall–Kier alpha value is -1.80. The van der Waals surface area contributed by atoms with Crippen LogP contribution in [0.15, 0.2) is 12.2 Å². The molecule has 0 aromatic carbocycles. The highest BCUT2D eigenvalue weighted by Gasteiger charge is 2.66. The van der Waals surface area contributed by atoms with Crippen LogP contribution < -0.4 is 5.32 Å². The first-order valence-electron chi connectivity index (χ1n) is 8.65. The molecule has 1 spiro atoms. The van der Waals surface area contributed by atoms with Gasteiger partial charge in [-0.15, -0.1) is 21.5 Å². The van der Waals surface area contributed by atoms with Gasteiger partial charge in [-0.3, -0.25) is 9.59 Å². The van der Waals surface area contributed by atoms with Gasteiger partial charge in [0.1, 0.15) is 15.6 Å². The summed E-state index contributed by atoms with van der Waals surface area (Å²) in [6.07, 6.45) is 4.27. The molecule has 3 aliphatic heterocycles. The van der Waals surface area contributed by atoms with E-state index < -0.39 is 17.4 Å². The molecule has 8 heteroatoms. The second-order valence-electron chi connectivity index (χ2n) is 7.22. The Morgan fingerprint density at radius 1 is 1.52 bits per heavy atom. The van der Waals surface area contributed by atoms with Crippen LogP contribution in [0, 0.1) is 18.8 Å². The van der Waals surface area contributed by atoms with Crippen LogP contribution in [-0.2, 0) is 20.7 Å². The lowest BCUT2D eigenvalue weighted by Crippen LogP contribution is -2.44. The number of fused-ring (bicyclic) bond motifs is 1. The van der Waals surface area contributed by atoms with E-state index in [2.05, 4.69) is 15.5 Å². The lowest BCUT2D eigenvalue weighted by Gasteiger charge is -2.24. The molecule has 1 aromatic heterocycles. The average molecular weight is 362 g/mol. The highest BCUT2D eigenvalue weighted by atomic mass is 32.1. The predicted molar refractivity (Wildman–Crippen MR) is 91.9 cm³/mol. The molecular formula is C17H22N4O3S. The van der Waals surface area contributed by atoms with Crippen molar-refractivity contribution in [1.29, 1.82) is 0 Å². The molecule has 4 atom stereocenters. The number of aromatic nitrogens is 2. The Bertz CT molecular complexity index is 746. The van der Waals surface area contributed by atoms with Crippen molar-refractivity contribution in [1.82, 2.24) is 20.4 Å². The Labute approximate surface area is 150 Å². The number of ether oxygens (including phenoxy) is 1. The fourth-order valence-corrected chi connectivity index (χ4v) is 4.82. The molecule has 0 unspecified atom stereocenters. The van der Waals surface area contributed by atoms with Gasteiger partial charge in [-0.25, -0.2) is 0 Å². The van der Waals surface area contributed by atoms with Crippen molar-refractivity contribution in [2.45, 2.75) is 44.9 Å². The number of carbonyl (C=O) groups is 2. The topological polar surface area (TPSA) is 84.4 Å². The fraction of sp³-hybridized carbons (Fsp3) is 0.647. The van der Waals surface area contributed by atoms with Gasteiger partial charge in [0.2, 0.25) is 11.8 Å². The van der Waals surface area contributed by atoms with Gasteiger partial charge in [0.15, 0.2) is 0 Å². The van der Waals surface area contributed by atoms with Crippen LogP contribution >= 0.6 is 11.3 Å². The number of nitrogens with one attached hydrogen (secondary N) is 1. The number of carbonyl (C=O) groups excluding carboxylic acids is 2. The van der Waals surface area contributed by atoms with E-state index in [0.29, 0.717) is 19.5 Å². The van der Waals surface area contributed by atoms with E-state index in [9.17, 15) is 9.59 Å². The van der Waals surface area contributed by atoms with Crippen LogP contribution in [0.2, 0.25) is 0 Å². The second-order valence-corrected chi connectivity index (χ2v) is 8.48. The number of nitrogens with zero attached hydrogens (tertiary/aromatic N) is 3. The summed E-state index contributed by atoms with van der Waals surface area (Å²) in [5.74, 6) is -0.936. The summed E-state index contributed by atoms with van der Waals surface area (Å²) in [6, 6.07) is 0.105. The first-order chi connectivity index (χ1) is 11.9. The molecule has 2 bridgehead atoms. The van der Waals surface area contributed by atoms with E-state index in [4.69, 9.17) is 4.74 Å². The SMILES string of the molecule is Cc1nnc(CCNC(=O)[C@H]2[C@@H]3C=C[C@@]4(CN(C(C)C)C(=O)[C@@H]24)O3)s1. The number of hydrogen-bond donors (Lipinski definition) is 1. The van der Waals surface area contributed by atoms with E-state index in [1.54, 1.807) is 0 Å². The highest BCUT2D eigenvalue weighted by Crippen LogP contribution is 2.52. The number of amides is 2. The first-order valence-corrected chi connectivity index (χ1v) is 9.47. The molecule has 1 N–H and O–H groups in total. The summed E-state index contributed by atoms with van der Waals surface area (Å²) >= 11 is 1.53. The van der Waals surface area contributed by atoms with Crippen molar-refractivity contribution in [3.8, 4) is 0 Å². The molecule has 0 radical (unpaired) electrons. The van der Waals surface area contributed by atoms with Crippen LogP contribution in [0.4, 0.5) is 0 Å². The molecule has 1 aromatic rings. The fourth-order valence-electron chi connectivity index (χ4n) is 4.11. The Kier molecular flexibility index (Phi) is 3.92. The molecule has 2 amide bonds. The van der Waals surface area contributed by atoms with Gasteiger partial charge in [-0.1, -0.05) is 12.2 Å². The predicted octanol–water partition coefficient (Wildman–Crippen LogP) is 0.696. The molecule has 3 aliphatic rings. The van der Waals surface area contributed by atoms with Crippen molar-refractivity contribution in [2.75, 3.05) is 13.1 Å². The van der Waals surface area contributed by atoms with Crippen LogP contribution in [0.5, 0.6) is 0 Å². The number of likely N-dealkylation sites (tertiary alicyclic amines) is 1. The second kappa shape index (κ2) is 5.88. The lowest BCUT2D eigenvalue weighted by atomic mass is 9.77. The van der Waals surface area contributed by atoms with E-state index in [1.807, 2.05) is 37.8 Å². The van der Waals surface area contributed by atoms with E-state index in [1.165, 1.54) is 11.3 Å². The van der Waals surface area contributed by atoms with E-state index >= 15 is 0 Å². The summed E-state index contributed by atoms with van der Waals surface area (Å²) in [5, 5.41) is 12.8. The molecule has 2 saturated heterocycles. The van der Waals surface area contributed by atoms with Gasteiger partial charge in [0.25, 0.3) is 0 Å². The standard InChI is InChI=1S/C17H22N4O3S/c1-9(2)21-8-17-6-4-11(24-17)13(14(17)16(21)23)15(22)18-7-5-12-20-19-10(3)25-12/h4,6,9,11,13-14H,5,7-8H2,1-3H3,(H,18,22)/t11-,13-,14+,17-/m0/s1. The summed E-state index contributed by atoms with van der Waals surface area (Å²) in [5.41, 5.74) is -0.621. The Morgan fingerprint density at radius 3 is 3.00 bits per heavy atom. The van der Waals surface area contributed by atoms with Crippen molar-refractivity contribution in [3.63, 3.8) is 0 Å². The first kappa shape index (κ1) is 16.7. The molecule has 25 heavy (non-hydrogen) atoms. The number of hydrogen-bond acceptors (Lipinski definition) is 6. The third-order valence-corrected chi connectivity index (χ3v) is 6.16. The minimum Gasteiger partial charge on any atom is -0.360 e. The van der Waals surface area contributed by atoms with Crippen LogP contribution in [0.25, 0.3) is 0 Å². The summed E-state index contributed by atoms with van der Waals surface area (Å²) in [6.45, 7) is 6.91. The van der Waals surface area contributed by atoms with Gasteiger partial charge >= 0.3 is 0 Å². The minimum atomic E-state index is -0.621. The zero-order valence-electron chi connectivity index (χ0n) is 14.6. The maximum Gasteiger partial charge on any atom is 0.230 e. The summed E-state index contributed by atoms with van der Waals surface area (Å²) < 4.78 is 6.08. The van der Waals surface area contributed by atoms with Crippen LogP contribution in [-0.4, -0.2) is 57.7 Å². The van der Waals surface area contributed by atoms with E-state index in [-0.39, 0.29) is 24.0 Å². The van der Waals surface area contributed by atoms with E-state index in [0.717, 1.165) is 10.0 Å². The molecule has 0 aliphatic carbocycles. The number of rotatable bonds is 5. The Morgan fingerprint density at radius 2 is 2.32 bits per heavy atom. The maximum absolute atomic E-state index is 12.8.